The van der Waals surface area contributed by atoms with Crippen LogP contribution in [0.2, 0.25) is 0 Å². The lowest BCUT2D eigenvalue weighted by Gasteiger charge is -2.40. The van der Waals surface area contributed by atoms with E-state index in [1.54, 1.807) is 0 Å². The molecule has 0 aromatic rings. The van der Waals surface area contributed by atoms with Crippen LogP contribution in [-0.2, 0) is 0 Å². The van der Waals surface area contributed by atoms with Crippen LogP contribution in [0.15, 0.2) is 12.2 Å². The molecule has 0 aromatic carbocycles. The monoisotopic (exact) mass is 224 g/mol. The third kappa shape index (κ3) is 3.91. The number of piperidine rings is 1. The Bertz CT molecular complexity index is 217. The molecule has 0 radical (unpaired) electrons. The number of likely N-dealkylation sites (N-methyl/N-ethyl adjacent to an activating group) is 1. The molecule has 0 unspecified atom stereocenters. The van der Waals surface area contributed by atoms with E-state index in [1.165, 1.54) is 44.5 Å². The maximum Gasteiger partial charge on any atom is 0.0187 e. The van der Waals surface area contributed by atoms with E-state index in [-0.39, 0.29) is 0 Å². The summed E-state index contributed by atoms with van der Waals surface area (Å²) < 4.78 is 0. The number of hydrogen-bond donors (Lipinski definition) is 1. The third-order valence-electron chi connectivity index (χ3n) is 3.91. The maximum atomic E-state index is 4.03. The molecular formula is C14H28N2. The minimum atomic E-state index is 0.552. The van der Waals surface area contributed by atoms with E-state index in [1.807, 2.05) is 0 Å². The van der Waals surface area contributed by atoms with Crippen LogP contribution < -0.4 is 5.32 Å². The summed E-state index contributed by atoms with van der Waals surface area (Å²) in [6.45, 7) is 16.6. The molecule has 1 saturated heterocycles. The standard InChI is InChI=1S/C14H28N2/c1-5-14(7-9-15-10-8-14)12-16(6-2)11-13(3)4/h15H,3,5-12H2,1-2,4H3. The molecule has 0 spiro atoms. The second-order valence-corrected chi connectivity index (χ2v) is 5.36. The van der Waals surface area contributed by atoms with Crippen molar-refractivity contribution in [2.45, 2.75) is 40.0 Å². The summed E-state index contributed by atoms with van der Waals surface area (Å²) in [5.74, 6) is 0. The van der Waals surface area contributed by atoms with Gasteiger partial charge in [0.15, 0.2) is 0 Å². The number of nitrogens with one attached hydrogen (secondary N) is 1. The molecule has 0 bridgehead atoms. The normalized spacial score (nSPS) is 20.0. The molecule has 1 heterocycles. The van der Waals surface area contributed by atoms with E-state index < -0.39 is 0 Å². The number of rotatable bonds is 6. The first kappa shape index (κ1) is 13.7. The van der Waals surface area contributed by atoms with E-state index >= 15 is 0 Å². The van der Waals surface area contributed by atoms with Gasteiger partial charge in [0.25, 0.3) is 0 Å². The van der Waals surface area contributed by atoms with Crippen LogP contribution in [0.4, 0.5) is 0 Å². The first-order valence-corrected chi connectivity index (χ1v) is 6.69. The van der Waals surface area contributed by atoms with Crippen molar-refractivity contribution in [2.24, 2.45) is 5.41 Å². The fourth-order valence-electron chi connectivity index (χ4n) is 2.72. The van der Waals surface area contributed by atoms with Gasteiger partial charge in [-0.1, -0.05) is 26.0 Å². The lowest BCUT2D eigenvalue weighted by atomic mass is 9.76. The predicted molar refractivity (Wildman–Crippen MR) is 71.8 cm³/mol. The summed E-state index contributed by atoms with van der Waals surface area (Å²) in [6.07, 6.45) is 3.97. The van der Waals surface area contributed by atoms with E-state index in [2.05, 4.69) is 37.6 Å². The lowest BCUT2D eigenvalue weighted by Crippen LogP contribution is -2.44. The first-order chi connectivity index (χ1) is 7.62. The molecule has 94 valence electrons. The van der Waals surface area contributed by atoms with Crippen molar-refractivity contribution in [3.8, 4) is 0 Å². The molecule has 0 aliphatic carbocycles. The summed E-state index contributed by atoms with van der Waals surface area (Å²) >= 11 is 0. The molecule has 0 saturated carbocycles. The summed E-state index contributed by atoms with van der Waals surface area (Å²) in [5.41, 5.74) is 1.83. The van der Waals surface area contributed by atoms with Gasteiger partial charge in [-0.05, 0) is 51.2 Å². The van der Waals surface area contributed by atoms with Crippen LogP contribution in [-0.4, -0.2) is 37.6 Å². The molecule has 1 aliphatic heterocycles. The van der Waals surface area contributed by atoms with Crippen molar-refractivity contribution in [3.63, 3.8) is 0 Å². The maximum absolute atomic E-state index is 4.03. The SMILES string of the molecule is C=C(C)CN(CC)CC1(CC)CCNCC1. The highest BCUT2D eigenvalue weighted by molar-refractivity contribution is 4.94. The van der Waals surface area contributed by atoms with Crippen LogP contribution in [0.1, 0.15) is 40.0 Å². The third-order valence-corrected chi connectivity index (χ3v) is 3.91. The molecule has 2 nitrogen and oxygen atoms in total. The Hall–Kier alpha value is -0.340. The fraction of sp³-hybridized carbons (Fsp3) is 0.857. The molecule has 1 rings (SSSR count). The lowest BCUT2D eigenvalue weighted by molar-refractivity contribution is 0.116. The van der Waals surface area contributed by atoms with Gasteiger partial charge in [0.1, 0.15) is 0 Å². The van der Waals surface area contributed by atoms with Gasteiger partial charge in [0.2, 0.25) is 0 Å². The second-order valence-electron chi connectivity index (χ2n) is 5.36. The Morgan fingerprint density at radius 2 is 1.94 bits per heavy atom. The zero-order valence-corrected chi connectivity index (χ0v) is 11.3. The summed E-state index contributed by atoms with van der Waals surface area (Å²) in [7, 11) is 0. The molecule has 1 aliphatic rings. The Morgan fingerprint density at radius 1 is 1.31 bits per heavy atom. The van der Waals surface area contributed by atoms with Gasteiger partial charge in [-0.3, -0.25) is 4.90 Å². The first-order valence-electron chi connectivity index (χ1n) is 6.69. The van der Waals surface area contributed by atoms with Gasteiger partial charge < -0.3 is 5.32 Å². The Morgan fingerprint density at radius 3 is 2.38 bits per heavy atom. The van der Waals surface area contributed by atoms with Crippen LogP contribution in [0, 0.1) is 5.41 Å². The van der Waals surface area contributed by atoms with Crippen LogP contribution in [0.5, 0.6) is 0 Å². The van der Waals surface area contributed by atoms with Gasteiger partial charge in [0, 0.05) is 13.1 Å². The fourth-order valence-corrected chi connectivity index (χ4v) is 2.72. The smallest absolute Gasteiger partial charge is 0.0187 e. The van der Waals surface area contributed by atoms with Crippen LogP contribution >= 0.6 is 0 Å². The van der Waals surface area contributed by atoms with Crippen molar-refractivity contribution in [1.82, 2.24) is 10.2 Å². The largest absolute Gasteiger partial charge is 0.317 e. The van der Waals surface area contributed by atoms with Crippen LogP contribution in [0.25, 0.3) is 0 Å². The Balaban J connectivity index is 2.55. The predicted octanol–water partition coefficient (Wildman–Crippen LogP) is 2.66. The van der Waals surface area contributed by atoms with E-state index in [9.17, 15) is 0 Å². The minimum Gasteiger partial charge on any atom is -0.317 e. The molecule has 0 amide bonds. The molecule has 0 atom stereocenters. The van der Waals surface area contributed by atoms with Gasteiger partial charge >= 0.3 is 0 Å². The van der Waals surface area contributed by atoms with E-state index in [0.717, 1.165) is 13.1 Å². The zero-order valence-electron chi connectivity index (χ0n) is 11.3. The van der Waals surface area contributed by atoms with E-state index in [0.29, 0.717) is 5.41 Å². The average molecular weight is 224 g/mol. The van der Waals surface area contributed by atoms with E-state index in [4.69, 9.17) is 0 Å². The number of nitrogens with zero attached hydrogens (tertiary/aromatic N) is 1. The van der Waals surface area contributed by atoms with Crippen molar-refractivity contribution < 1.29 is 0 Å². The Kier molecular flexibility index (Phi) is 5.50. The van der Waals surface area contributed by atoms with Crippen LogP contribution in [0.3, 0.4) is 0 Å². The molecule has 0 aromatic heterocycles. The number of hydrogen-bond acceptors (Lipinski definition) is 2. The average Bonchev–Trinajstić information content (AvgIpc) is 2.29. The Labute approximate surface area is 101 Å². The highest BCUT2D eigenvalue weighted by atomic mass is 15.1. The summed E-state index contributed by atoms with van der Waals surface area (Å²) in [6, 6.07) is 0. The van der Waals surface area contributed by atoms with Gasteiger partial charge in [-0.15, -0.1) is 0 Å². The molecule has 1 fully saturated rings. The zero-order chi connectivity index (χ0) is 12.0. The van der Waals surface area contributed by atoms with Crippen molar-refractivity contribution in [2.75, 3.05) is 32.7 Å². The van der Waals surface area contributed by atoms with Gasteiger partial charge in [-0.2, -0.15) is 0 Å². The van der Waals surface area contributed by atoms with Crippen molar-refractivity contribution in [1.29, 1.82) is 0 Å². The quantitative estimate of drug-likeness (QED) is 0.698. The molecule has 16 heavy (non-hydrogen) atoms. The summed E-state index contributed by atoms with van der Waals surface area (Å²) in [5, 5.41) is 3.47. The molecule has 2 heteroatoms. The van der Waals surface area contributed by atoms with Gasteiger partial charge in [-0.25, -0.2) is 0 Å². The topological polar surface area (TPSA) is 15.3 Å². The molecule has 1 N–H and O–H groups in total. The highest BCUT2D eigenvalue weighted by Crippen LogP contribution is 2.33. The second kappa shape index (κ2) is 6.41. The minimum absolute atomic E-state index is 0.552. The highest BCUT2D eigenvalue weighted by Gasteiger charge is 2.31. The van der Waals surface area contributed by atoms with Crippen molar-refractivity contribution >= 4 is 0 Å². The van der Waals surface area contributed by atoms with Crippen molar-refractivity contribution in [3.05, 3.63) is 12.2 Å². The van der Waals surface area contributed by atoms with Gasteiger partial charge in [0.05, 0.1) is 0 Å². The molecular weight excluding hydrogens is 196 g/mol. The summed E-state index contributed by atoms with van der Waals surface area (Å²) in [4.78, 5) is 2.55.